The zero-order valence-electron chi connectivity index (χ0n) is 55.4. The molecule has 0 aliphatic heterocycles. The number of nitrogens with zero attached hydrogens (tertiary/aromatic N) is 6. The smallest absolute Gasteiger partial charge is 0.323 e. The standard InChI is InChI=1S/2C9H13N.C9H20.2C8H11BO.C7H16.C4H10O.2C3H7N.2C2H6BN/c2*1-3-10(2)9-7-5-4-6-8-9;1-8(2,3)7-9(4,5)6;2*1-9(10-2)8-6-4-3-5-7-8;1-5-7(3,4)6-2;1-3-5-4-2;4*1-3-4-2/h2*4-8H,3H2,1-2H3;7H2,1-6H3;2*3-7H,1-2H3;5-6H2,1-4H3;3-4H2,1-2H3;2*3H,1-2H3;2*1-2H3. The summed E-state index contributed by atoms with van der Waals surface area (Å²) in [6, 6.07) is 41.1. The van der Waals surface area contributed by atoms with Gasteiger partial charge in [-0.2, -0.15) is 0 Å². The first kappa shape index (κ1) is 86.4. The van der Waals surface area contributed by atoms with E-state index in [0.717, 1.165) is 26.3 Å². The molecular formula is C64H120B4N6O3. The Morgan fingerprint density at radius 1 is 0.481 bits per heavy atom. The summed E-state index contributed by atoms with van der Waals surface area (Å²) in [6.07, 6.45) is 7.38. The summed E-state index contributed by atoms with van der Waals surface area (Å²) in [7, 11) is 18.1. The van der Waals surface area contributed by atoms with Crippen molar-refractivity contribution in [3.63, 3.8) is 0 Å². The third kappa shape index (κ3) is 71.6. The van der Waals surface area contributed by atoms with Gasteiger partial charge in [0.2, 0.25) is 0 Å². The fourth-order valence-electron chi connectivity index (χ4n) is 5.50. The molecule has 0 saturated carbocycles. The van der Waals surface area contributed by atoms with E-state index in [1.54, 1.807) is 69.0 Å². The van der Waals surface area contributed by atoms with E-state index in [1.165, 1.54) is 41.6 Å². The second-order valence-electron chi connectivity index (χ2n) is 20.3. The van der Waals surface area contributed by atoms with Crippen LogP contribution >= 0.6 is 0 Å². The predicted molar refractivity (Wildman–Crippen MR) is 360 cm³/mol. The first-order valence-electron chi connectivity index (χ1n) is 28.0. The van der Waals surface area contributed by atoms with Crippen LogP contribution in [-0.4, -0.2) is 123 Å². The third-order valence-electron chi connectivity index (χ3n) is 11.0. The summed E-state index contributed by atoms with van der Waals surface area (Å²) in [5, 5.41) is 0. The van der Waals surface area contributed by atoms with E-state index < -0.39 is 0 Å². The molecule has 0 fully saturated rings. The Hall–Kier alpha value is -4.44. The van der Waals surface area contributed by atoms with E-state index in [2.05, 4.69) is 200 Å². The summed E-state index contributed by atoms with van der Waals surface area (Å²) >= 11 is 0. The van der Waals surface area contributed by atoms with Crippen LogP contribution in [0.1, 0.15) is 130 Å². The molecule has 0 saturated heterocycles. The number of hydrogen-bond donors (Lipinski definition) is 0. The molecule has 0 spiro atoms. The minimum Gasteiger partial charge on any atom is -0.434 e. The molecule has 9 nitrogen and oxygen atoms in total. The monoisotopic (exact) mass is 1060 g/mol. The van der Waals surface area contributed by atoms with Gasteiger partial charge in [0.05, 0.1) is 0 Å². The van der Waals surface area contributed by atoms with Gasteiger partial charge in [0.1, 0.15) is 0 Å². The van der Waals surface area contributed by atoms with E-state index in [-0.39, 0.29) is 13.8 Å². The molecule has 13 heteroatoms. The molecule has 0 atom stereocenters. The van der Waals surface area contributed by atoms with Crippen molar-refractivity contribution in [3.05, 3.63) is 121 Å². The van der Waals surface area contributed by atoms with Crippen molar-refractivity contribution in [1.29, 1.82) is 0 Å². The Labute approximate surface area is 481 Å². The minimum atomic E-state index is 0.209. The molecule has 0 amide bonds. The maximum atomic E-state index is 5.14. The Morgan fingerprint density at radius 2 is 0.714 bits per heavy atom. The van der Waals surface area contributed by atoms with Crippen molar-refractivity contribution in [1.82, 2.24) is 0 Å². The van der Waals surface area contributed by atoms with E-state index in [1.807, 2.05) is 104 Å². The van der Waals surface area contributed by atoms with Gasteiger partial charge in [-0.3, -0.25) is 0 Å². The molecule has 0 aromatic heterocycles. The quantitative estimate of drug-likeness (QED) is 0.104. The summed E-state index contributed by atoms with van der Waals surface area (Å²) in [5.74, 6) is 0. The van der Waals surface area contributed by atoms with Crippen LogP contribution in [0.5, 0.6) is 0 Å². The van der Waals surface area contributed by atoms with Crippen LogP contribution in [-0.2, 0) is 14.0 Å². The van der Waals surface area contributed by atoms with Crippen molar-refractivity contribution in [2.24, 2.45) is 36.0 Å². The first-order valence-corrected chi connectivity index (χ1v) is 28.0. The number of para-hydroxylation sites is 2. The average molecular weight is 1060 g/mol. The number of ether oxygens (including phenoxy) is 1. The van der Waals surface area contributed by atoms with Crippen LogP contribution in [0.4, 0.5) is 11.4 Å². The first-order chi connectivity index (χ1) is 36.3. The van der Waals surface area contributed by atoms with Gasteiger partial charge >= 0.3 is 65.5 Å². The summed E-state index contributed by atoms with van der Waals surface area (Å²) in [4.78, 5) is 18.9. The molecule has 436 valence electrons. The molecule has 0 bridgehead atoms. The Kier molecular flexibility index (Phi) is 70.1. The normalized spacial score (nSPS) is 9.92. The molecule has 0 unspecified atom stereocenters. The molecule has 0 aliphatic rings. The second-order valence-corrected chi connectivity index (χ2v) is 20.3. The van der Waals surface area contributed by atoms with Gasteiger partial charge in [0.15, 0.2) is 0 Å². The fraction of sp³-hybridized carbons (Fsp3) is 0.594. The predicted octanol–water partition coefficient (Wildman–Crippen LogP) is 16.5. The van der Waals surface area contributed by atoms with Gasteiger partial charge in [-0.25, -0.2) is 0 Å². The fourth-order valence-corrected chi connectivity index (χ4v) is 5.50. The molecule has 77 heavy (non-hydrogen) atoms. The van der Waals surface area contributed by atoms with Crippen molar-refractivity contribution in [3.8, 4) is 0 Å². The van der Waals surface area contributed by atoms with E-state index in [0.29, 0.717) is 16.2 Å². The Morgan fingerprint density at radius 3 is 0.831 bits per heavy atom. The van der Waals surface area contributed by atoms with Gasteiger partial charge in [-0.1, -0.05) is 193 Å². The van der Waals surface area contributed by atoms with Crippen LogP contribution in [0.2, 0.25) is 27.3 Å². The molecule has 4 aromatic carbocycles. The van der Waals surface area contributed by atoms with Crippen molar-refractivity contribution < 1.29 is 14.0 Å². The number of hydrogen-bond acceptors (Lipinski definition) is 9. The second kappa shape index (κ2) is 62.4. The summed E-state index contributed by atoms with van der Waals surface area (Å²) in [5.41, 5.74) is 6.57. The van der Waals surface area contributed by atoms with Gasteiger partial charge < -0.3 is 33.8 Å². The number of anilines is 2. The average Bonchev–Trinajstić information content (AvgIpc) is 3.45. The zero-order valence-corrected chi connectivity index (χ0v) is 55.4. The third-order valence-corrected chi connectivity index (χ3v) is 11.0. The van der Waals surface area contributed by atoms with Crippen molar-refractivity contribution >= 4 is 62.7 Å². The summed E-state index contributed by atoms with van der Waals surface area (Å²) in [6.45, 7) is 46.9. The number of benzene rings is 4. The van der Waals surface area contributed by atoms with Gasteiger partial charge in [-0.15, -0.1) is 0 Å². The largest absolute Gasteiger partial charge is 0.434 e. The SMILES string of the molecule is CB=NC.CB=NC.CC(C)(C)CC(C)(C)C.CC=NC.CC=NC.CCC(C)(C)CC.CCN(C)c1ccccc1.CCN(C)c1ccccc1.CCOCC.COB(C)c1ccccc1.COB(C)c1ccccc1. The van der Waals surface area contributed by atoms with Gasteiger partial charge in [-0.05, 0) is 112 Å². The van der Waals surface area contributed by atoms with Crippen molar-refractivity contribution in [2.75, 3.05) is 92.6 Å². The molecule has 4 aromatic rings. The topological polar surface area (TPSA) is 83.6 Å². The van der Waals surface area contributed by atoms with E-state index in [9.17, 15) is 0 Å². The molecule has 0 radical (unpaired) electrons. The molecule has 0 aliphatic carbocycles. The van der Waals surface area contributed by atoms with Crippen molar-refractivity contribution in [2.45, 2.75) is 157 Å². The molecular weight excluding hydrogens is 944 g/mol. The Bertz CT molecular complexity index is 1570. The maximum Gasteiger partial charge on any atom is 0.323 e. The maximum absolute atomic E-state index is 5.14. The van der Waals surface area contributed by atoms with Crippen LogP contribution in [0.3, 0.4) is 0 Å². The Balaban J connectivity index is -0.000000143. The number of aliphatic imine (C=N–C) groups is 2. The molecule has 0 heterocycles. The van der Waals surface area contributed by atoms with Crippen LogP contribution in [0, 0.1) is 16.2 Å². The van der Waals surface area contributed by atoms with Gasteiger partial charge in [0, 0.05) is 80.1 Å². The van der Waals surface area contributed by atoms with E-state index in [4.69, 9.17) is 14.0 Å². The zero-order chi connectivity index (χ0) is 61.0. The molecule has 4 rings (SSSR count). The molecule has 0 N–H and O–H groups in total. The van der Waals surface area contributed by atoms with E-state index >= 15 is 0 Å². The minimum absolute atomic E-state index is 0.209. The van der Waals surface area contributed by atoms with Crippen LogP contribution < -0.4 is 20.7 Å². The van der Waals surface area contributed by atoms with Gasteiger partial charge in [0.25, 0.3) is 0 Å². The van der Waals surface area contributed by atoms with Crippen LogP contribution in [0.25, 0.3) is 0 Å². The van der Waals surface area contributed by atoms with Crippen LogP contribution in [0.15, 0.2) is 141 Å². The summed E-state index contributed by atoms with van der Waals surface area (Å²) < 4.78 is 15.1. The number of rotatable bonds is 12.